The van der Waals surface area contributed by atoms with Crippen LogP contribution in [-0.4, -0.2) is 23.2 Å². The summed E-state index contributed by atoms with van der Waals surface area (Å²) < 4.78 is 10.1. The second-order valence-corrected chi connectivity index (χ2v) is 4.75. The van der Waals surface area contributed by atoms with Gasteiger partial charge in [-0.05, 0) is 36.6 Å². The van der Waals surface area contributed by atoms with Crippen LogP contribution >= 0.6 is 11.6 Å². The molecule has 6 nitrogen and oxygen atoms in total. The summed E-state index contributed by atoms with van der Waals surface area (Å²) >= 11 is 5.60. The molecule has 0 unspecified atom stereocenters. The third-order valence-electron chi connectivity index (χ3n) is 3.05. The van der Waals surface area contributed by atoms with E-state index in [9.17, 15) is 4.79 Å². The highest BCUT2D eigenvalue weighted by atomic mass is 35.5. The number of nitrogens with zero attached hydrogens (tertiary/aromatic N) is 2. The molecular formula is C14H16ClN3O3. The molecule has 0 aliphatic rings. The average molecular weight is 310 g/mol. The lowest BCUT2D eigenvalue weighted by Crippen LogP contribution is -2.14. The van der Waals surface area contributed by atoms with E-state index in [1.165, 1.54) is 0 Å². The number of aryl methyl sites for hydroxylation is 2. The van der Waals surface area contributed by atoms with Gasteiger partial charge in [-0.1, -0.05) is 5.16 Å². The van der Waals surface area contributed by atoms with Gasteiger partial charge in [0.1, 0.15) is 11.6 Å². The van der Waals surface area contributed by atoms with Crippen LogP contribution in [0.15, 0.2) is 22.7 Å². The summed E-state index contributed by atoms with van der Waals surface area (Å²) in [5, 5.41) is 3.82. The quantitative estimate of drug-likeness (QED) is 0.791. The van der Waals surface area contributed by atoms with Gasteiger partial charge in [-0.15, -0.1) is 11.6 Å². The number of benzene rings is 1. The summed E-state index contributed by atoms with van der Waals surface area (Å²) in [6.45, 7) is 0. The standard InChI is InChI=1S/C14H16ClN3O3/c1-20-10-5-6-11(14(16)19)9(7-10)3-2-4-12-17-13(8-15)21-18-12/h5-7H,2-4,8H2,1H3,(H2,16,19). The number of hydrogen-bond donors (Lipinski definition) is 1. The van der Waals surface area contributed by atoms with Crippen LogP contribution in [0.1, 0.15) is 34.1 Å². The van der Waals surface area contributed by atoms with Crippen molar-refractivity contribution in [3.8, 4) is 5.75 Å². The van der Waals surface area contributed by atoms with Crippen LogP contribution in [-0.2, 0) is 18.7 Å². The minimum absolute atomic E-state index is 0.203. The number of primary amides is 1. The number of carbonyl (C=O) groups excluding carboxylic acids is 1. The first kappa shape index (κ1) is 15.3. The molecule has 1 amide bonds. The summed E-state index contributed by atoms with van der Waals surface area (Å²) in [6, 6.07) is 5.21. The molecule has 2 rings (SSSR count). The van der Waals surface area contributed by atoms with E-state index < -0.39 is 5.91 Å². The second-order valence-electron chi connectivity index (χ2n) is 4.48. The van der Waals surface area contributed by atoms with Crippen molar-refractivity contribution in [2.45, 2.75) is 25.1 Å². The molecule has 0 radical (unpaired) electrons. The number of aromatic nitrogens is 2. The van der Waals surface area contributed by atoms with Crippen molar-refractivity contribution >= 4 is 17.5 Å². The number of halogens is 1. The Labute approximate surface area is 127 Å². The number of methoxy groups -OCH3 is 1. The van der Waals surface area contributed by atoms with E-state index in [4.69, 9.17) is 26.6 Å². The Kier molecular flexibility index (Phi) is 5.16. The number of carbonyl (C=O) groups is 1. The first-order chi connectivity index (χ1) is 10.1. The minimum Gasteiger partial charge on any atom is -0.497 e. The first-order valence-corrected chi connectivity index (χ1v) is 7.01. The number of nitrogens with two attached hydrogens (primary N) is 1. The summed E-state index contributed by atoms with van der Waals surface area (Å²) in [4.78, 5) is 15.5. The van der Waals surface area contributed by atoms with Gasteiger partial charge in [0.2, 0.25) is 11.8 Å². The van der Waals surface area contributed by atoms with Gasteiger partial charge in [0.15, 0.2) is 5.82 Å². The smallest absolute Gasteiger partial charge is 0.248 e. The molecule has 1 heterocycles. The van der Waals surface area contributed by atoms with Crippen molar-refractivity contribution in [1.82, 2.24) is 10.1 Å². The van der Waals surface area contributed by atoms with Crippen LogP contribution in [0.5, 0.6) is 5.75 Å². The van der Waals surface area contributed by atoms with E-state index in [1.54, 1.807) is 19.2 Å². The van der Waals surface area contributed by atoms with Crippen LogP contribution in [0, 0.1) is 0 Å². The molecule has 2 N–H and O–H groups in total. The van der Waals surface area contributed by atoms with E-state index in [0.717, 1.165) is 12.0 Å². The molecule has 0 saturated carbocycles. The molecule has 2 aromatic rings. The van der Waals surface area contributed by atoms with Crippen molar-refractivity contribution < 1.29 is 14.1 Å². The van der Waals surface area contributed by atoms with Crippen molar-refractivity contribution in [2.75, 3.05) is 7.11 Å². The minimum atomic E-state index is -0.448. The Morgan fingerprint density at radius 2 is 2.24 bits per heavy atom. The zero-order valence-corrected chi connectivity index (χ0v) is 12.4. The summed E-state index contributed by atoms with van der Waals surface area (Å²) in [7, 11) is 1.58. The zero-order chi connectivity index (χ0) is 15.2. The number of rotatable bonds is 7. The maximum absolute atomic E-state index is 11.4. The van der Waals surface area contributed by atoms with E-state index in [-0.39, 0.29) is 5.88 Å². The number of alkyl halides is 1. The second kappa shape index (κ2) is 7.08. The maximum atomic E-state index is 11.4. The van der Waals surface area contributed by atoms with Crippen LogP contribution in [0.3, 0.4) is 0 Å². The molecule has 1 aromatic carbocycles. The summed E-state index contributed by atoms with van der Waals surface area (Å²) in [5.74, 6) is 1.46. The van der Waals surface area contributed by atoms with Gasteiger partial charge in [0, 0.05) is 12.0 Å². The van der Waals surface area contributed by atoms with E-state index in [1.807, 2.05) is 6.07 Å². The highest BCUT2D eigenvalue weighted by molar-refractivity contribution is 6.16. The topological polar surface area (TPSA) is 91.2 Å². The van der Waals surface area contributed by atoms with Crippen LogP contribution < -0.4 is 10.5 Å². The molecule has 0 bridgehead atoms. The third kappa shape index (κ3) is 3.95. The Hall–Kier alpha value is -2.08. The monoisotopic (exact) mass is 309 g/mol. The van der Waals surface area contributed by atoms with Crippen molar-refractivity contribution in [2.24, 2.45) is 5.73 Å². The normalized spacial score (nSPS) is 10.6. The molecule has 21 heavy (non-hydrogen) atoms. The molecule has 0 atom stereocenters. The van der Waals surface area contributed by atoms with Gasteiger partial charge in [0.25, 0.3) is 0 Å². The fraction of sp³-hybridized carbons (Fsp3) is 0.357. The SMILES string of the molecule is COc1ccc(C(N)=O)c(CCCc2noc(CCl)n2)c1. The Balaban J connectivity index is 2.02. The predicted molar refractivity (Wildman–Crippen MR) is 77.4 cm³/mol. The van der Waals surface area contributed by atoms with E-state index in [0.29, 0.717) is 35.9 Å². The van der Waals surface area contributed by atoms with Gasteiger partial charge in [-0.3, -0.25) is 4.79 Å². The predicted octanol–water partition coefficient (Wildman–Crippen LogP) is 2.09. The molecule has 7 heteroatoms. The summed E-state index contributed by atoms with van der Waals surface area (Å²) in [6.07, 6.45) is 2.06. The largest absolute Gasteiger partial charge is 0.497 e. The van der Waals surface area contributed by atoms with Gasteiger partial charge in [0.05, 0.1) is 7.11 Å². The molecule has 0 spiro atoms. The number of hydrogen-bond acceptors (Lipinski definition) is 5. The van der Waals surface area contributed by atoms with Gasteiger partial charge >= 0.3 is 0 Å². The highest BCUT2D eigenvalue weighted by Gasteiger charge is 2.11. The lowest BCUT2D eigenvalue weighted by atomic mass is 10.0. The van der Waals surface area contributed by atoms with Crippen molar-refractivity contribution in [3.05, 3.63) is 41.0 Å². The maximum Gasteiger partial charge on any atom is 0.248 e. The molecule has 0 saturated heterocycles. The summed E-state index contributed by atoms with van der Waals surface area (Å²) in [5.41, 5.74) is 6.73. The number of amides is 1. The Bertz CT molecular complexity index is 628. The van der Waals surface area contributed by atoms with Gasteiger partial charge in [-0.25, -0.2) is 0 Å². The molecule has 1 aromatic heterocycles. The van der Waals surface area contributed by atoms with Gasteiger partial charge < -0.3 is 15.0 Å². The van der Waals surface area contributed by atoms with Crippen LogP contribution in [0.25, 0.3) is 0 Å². The van der Waals surface area contributed by atoms with Crippen LogP contribution in [0.4, 0.5) is 0 Å². The Morgan fingerprint density at radius 1 is 1.43 bits per heavy atom. The fourth-order valence-corrected chi connectivity index (χ4v) is 2.14. The van der Waals surface area contributed by atoms with Crippen molar-refractivity contribution in [1.29, 1.82) is 0 Å². The van der Waals surface area contributed by atoms with Crippen molar-refractivity contribution in [3.63, 3.8) is 0 Å². The molecule has 0 aliphatic heterocycles. The van der Waals surface area contributed by atoms with Crippen LogP contribution in [0.2, 0.25) is 0 Å². The third-order valence-corrected chi connectivity index (χ3v) is 3.28. The lowest BCUT2D eigenvalue weighted by molar-refractivity contribution is 0.0999. The highest BCUT2D eigenvalue weighted by Crippen LogP contribution is 2.19. The molecule has 0 fully saturated rings. The first-order valence-electron chi connectivity index (χ1n) is 6.48. The average Bonchev–Trinajstić information content (AvgIpc) is 2.95. The Morgan fingerprint density at radius 3 is 2.86 bits per heavy atom. The fourth-order valence-electron chi connectivity index (χ4n) is 2.03. The molecule has 0 aliphatic carbocycles. The van der Waals surface area contributed by atoms with E-state index in [2.05, 4.69) is 10.1 Å². The zero-order valence-electron chi connectivity index (χ0n) is 11.6. The molecular weight excluding hydrogens is 294 g/mol. The molecule has 112 valence electrons. The lowest BCUT2D eigenvalue weighted by Gasteiger charge is -2.08. The number of ether oxygens (including phenoxy) is 1. The van der Waals surface area contributed by atoms with E-state index >= 15 is 0 Å². The van der Waals surface area contributed by atoms with Gasteiger partial charge in [-0.2, -0.15) is 4.98 Å².